The van der Waals surface area contributed by atoms with Gasteiger partial charge in [0.15, 0.2) is 0 Å². The van der Waals surface area contributed by atoms with Crippen molar-refractivity contribution in [1.82, 2.24) is 4.90 Å². The van der Waals surface area contributed by atoms with Crippen LogP contribution in [-0.4, -0.2) is 31.3 Å². The summed E-state index contributed by atoms with van der Waals surface area (Å²) in [5.41, 5.74) is 0. The molecule has 0 aromatic carbocycles. The summed E-state index contributed by atoms with van der Waals surface area (Å²) in [7, 11) is -0.982. The number of carbonyl (C=O) groups is 2. The van der Waals surface area contributed by atoms with Crippen LogP contribution in [0.1, 0.15) is 44.9 Å². The summed E-state index contributed by atoms with van der Waals surface area (Å²) in [5.74, 6) is 0.0974. The highest BCUT2D eigenvalue weighted by Crippen LogP contribution is 2.16. The normalized spacial score (nSPS) is 17.7. The molecule has 0 spiro atoms. The van der Waals surface area contributed by atoms with Crippen LogP contribution in [0.15, 0.2) is 0 Å². The highest BCUT2D eigenvalue weighted by molar-refractivity contribution is 6.76. The molecule has 0 N–H and O–H groups in total. The summed E-state index contributed by atoms with van der Waals surface area (Å²) in [4.78, 5) is 25.3. The van der Waals surface area contributed by atoms with Crippen LogP contribution in [0.5, 0.6) is 0 Å². The second kappa shape index (κ2) is 7.07. The van der Waals surface area contributed by atoms with Gasteiger partial charge in [-0.05, 0) is 19.3 Å². The summed E-state index contributed by atoms with van der Waals surface area (Å²) in [5, 5.41) is 0. The molecule has 0 atom stereocenters. The minimum Gasteiger partial charge on any atom is -0.283 e. The molecule has 2 amide bonds. The molecule has 0 unspecified atom stereocenters. The number of carbonyl (C=O) groups excluding carboxylic acids is 2. The number of rotatable bonds is 5. The minimum absolute atomic E-state index is 0.0442. The molecule has 0 radical (unpaired) electrons. The van der Waals surface area contributed by atoms with Crippen LogP contribution >= 0.6 is 0 Å². The monoisotopic (exact) mass is 269 g/mol. The van der Waals surface area contributed by atoms with Crippen LogP contribution in [-0.2, 0) is 9.59 Å². The van der Waals surface area contributed by atoms with Gasteiger partial charge in [-0.25, -0.2) is 0 Å². The van der Waals surface area contributed by atoms with E-state index in [1.54, 1.807) is 0 Å². The van der Waals surface area contributed by atoms with E-state index in [0.29, 0.717) is 19.4 Å². The maximum atomic E-state index is 12.0. The molecule has 0 saturated carbocycles. The van der Waals surface area contributed by atoms with Crippen LogP contribution < -0.4 is 0 Å². The molecule has 18 heavy (non-hydrogen) atoms. The molecule has 0 aliphatic carbocycles. The van der Waals surface area contributed by atoms with E-state index in [2.05, 4.69) is 19.6 Å². The van der Waals surface area contributed by atoms with E-state index in [1.807, 2.05) is 0 Å². The third kappa shape index (κ3) is 5.80. The highest BCUT2D eigenvalue weighted by atomic mass is 28.3. The van der Waals surface area contributed by atoms with E-state index in [4.69, 9.17) is 0 Å². The van der Waals surface area contributed by atoms with Crippen LogP contribution in [0, 0.1) is 0 Å². The first kappa shape index (κ1) is 15.4. The Hall–Kier alpha value is -0.643. The first-order valence-corrected chi connectivity index (χ1v) is 10.9. The maximum Gasteiger partial charge on any atom is 0.229 e. The van der Waals surface area contributed by atoms with Crippen molar-refractivity contribution >= 4 is 19.9 Å². The number of imide groups is 1. The molecule has 1 heterocycles. The molecule has 3 nitrogen and oxygen atoms in total. The molecule has 0 aromatic rings. The zero-order chi connectivity index (χ0) is 13.6. The third-order valence-corrected chi connectivity index (χ3v) is 5.30. The number of likely N-dealkylation sites (tertiary alicyclic amines) is 1. The molecular weight excluding hydrogens is 242 g/mol. The second-order valence-corrected chi connectivity index (χ2v) is 12.1. The van der Waals surface area contributed by atoms with Crippen molar-refractivity contribution < 1.29 is 9.59 Å². The predicted octanol–water partition coefficient (Wildman–Crippen LogP) is 3.42. The Kier molecular flexibility index (Phi) is 6.06. The Morgan fingerprint density at radius 3 is 2.56 bits per heavy atom. The zero-order valence-electron chi connectivity index (χ0n) is 12.1. The number of unbranched alkanes of at least 4 members (excludes halogenated alkanes) is 1. The first-order chi connectivity index (χ1) is 8.40. The Balaban J connectivity index is 2.29. The van der Waals surface area contributed by atoms with Crippen molar-refractivity contribution in [2.45, 2.75) is 70.6 Å². The fourth-order valence-electron chi connectivity index (χ4n) is 2.31. The van der Waals surface area contributed by atoms with Gasteiger partial charge in [-0.3, -0.25) is 14.5 Å². The van der Waals surface area contributed by atoms with Crippen molar-refractivity contribution in [3.05, 3.63) is 0 Å². The molecule has 1 fully saturated rings. The van der Waals surface area contributed by atoms with Gasteiger partial charge in [-0.2, -0.15) is 0 Å². The Labute approximate surface area is 112 Å². The van der Waals surface area contributed by atoms with Gasteiger partial charge in [-0.1, -0.05) is 38.5 Å². The summed E-state index contributed by atoms with van der Waals surface area (Å²) in [6.45, 7) is 7.71. The molecular formula is C14H27NO2Si. The summed E-state index contributed by atoms with van der Waals surface area (Å²) >= 11 is 0. The first-order valence-electron chi connectivity index (χ1n) is 7.23. The van der Waals surface area contributed by atoms with E-state index in [0.717, 1.165) is 32.1 Å². The topological polar surface area (TPSA) is 37.4 Å². The van der Waals surface area contributed by atoms with Crippen LogP contribution in [0.25, 0.3) is 0 Å². The maximum absolute atomic E-state index is 12.0. The fraction of sp³-hybridized carbons (Fsp3) is 0.857. The number of nitrogens with zero attached hydrogens (tertiary/aromatic N) is 1. The van der Waals surface area contributed by atoms with Crippen molar-refractivity contribution in [3.8, 4) is 0 Å². The van der Waals surface area contributed by atoms with E-state index < -0.39 is 8.07 Å². The highest BCUT2D eigenvalue weighted by Gasteiger charge is 2.22. The molecule has 4 heteroatoms. The molecule has 1 aliphatic rings. The van der Waals surface area contributed by atoms with E-state index in [9.17, 15) is 9.59 Å². The molecule has 0 aromatic heterocycles. The average Bonchev–Trinajstić information content (AvgIpc) is 2.48. The van der Waals surface area contributed by atoms with E-state index >= 15 is 0 Å². The van der Waals surface area contributed by atoms with Crippen LogP contribution in [0.3, 0.4) is 0 Å². The van der Waals surface area contributed by atoms with Gasteiger partial charge in [0.05, 0.1) is 0 Å². The largest absolute Gasteiger partial charge is 0.283 e. The van der Waals surface area contributed by atoms with Crippen molar-refractivity contribution in [1.29, 1.82) is 0 Å². The number of amides is 2. The second-order valence-electron chi connectivity index (χ2n) is 6.52. The van der Waals surface area contributed by atoms with Gasteiger partial charge in [0.25, 0.3) is 0 Å². The van der Waals surface area contributed by atoms with Crippen molar-refractivity contribution in [3.63, 3.8) is 0 Å². The SMILES string of the molecule is C[Si](C)(C)CCCCC(=O)N1CCCCCC1=O. The van der Waals surface area contributed by atoms with E-state index in [-0.39, 0.29) is 11.8 Å². The quantitative estimate of drug-likeness (QED) is 0.566. The summed E-state index contributed by atoms with van der Waals surface area (Å²) < 4.78 is 0. The molecule has 104 valence electrons. The number of hydrogen-bond donors (Lipinski definition) is 0. The average molecular weight is 269 g/mol. The molecule has 0 bridgehead atoms. The predicted molar refractivity (Wildman–Crippen MR) is 77.2 cm³/mol. The van der Waals surface area contributed by atoms with Crippen LogP contribution in [0.4, 0.5) is 0 Å². The Morgan fingerprint density at radius 1 is 1.17 bits per heavy atom. The van der Waals surface area contributed by atoms with Crippen molar-refractivity contribution in [2.75, 3.05) is 6.54 Å². The van der Waals surface area contributed by atoms with Gasteiger partial charge >= 0.3 is 0 Å². The molecule has 1 rings (SSSR count). The van der Waals surface area contributed by atoms with Gasteiger partial charge in [0.2, 0.25) is 11.8 Å². The molecule has 1 aliphatic heterocycles. The van der Waals surface area contributed by atoms with Gasteiger partial charge < -0.3 is 0 Å². The summed E-state index contributed by atoms with van der Waals surface area (Å²) in [6.07, 6.45) is 6.17. The summed E-state index contributed by atoms with van der Waals surface area (Å²) in [6, 6.07) is 1.27. The minimum atomic E-state index is -0.982. The lowest BCUT2D eigenvalue weighted by atomic mass is 10.2. The lowest BCUT2D eigenvalue weighted by Crippen LogP contribution is -2.36. The van der Waals surface area contributed by atoms with Crippen molar-refractivity contribution in [2.24, 2.45) is 0 Å². The third-order valence-electron chi connectivity index (χ3n) is 3.44. The van der Waals surface area contributed by atoms with Crippen LogP contribution in [0.2, 0.25) is 25.7 Å². The fourth-order valence-corrected chi connectivity index (χ4v) is 3.62. The van der Waals surface area contributed by atoms with Gasteiger partial charge in [0.1, 0.15) is 0 Å². The standard InChI is InChI=1S/C14H27NO2Si/c1-18(2,3)12-8-6-10-14(17)15-11-7-4-5-9-13(15)16/h4-12H2,1-3H3. The van der Waals surface area contributed by atoms with Gasteiger partial charge in [-0.15, -0.1) is 0 Å². The smallest absolute Gasteiger partial charge is 0.229 e. The lowest BCUT2D eigenvalue weighted by Gasteiger charge is -2.19. The van der Waals surface area contributed by atoms with E-state index in [1.165, 1.54) is 10.9 Å². The Morgan fingerprint density at radius 2 is 1.89 bits per heavy atom. The lowest BCUT2D eigenvalue weighted by molar-refractivity contribution is -0.144. The van der Waals surface area contributed by atoms with Gasteiger partial charge in [0, 0.05) is 27.5 Å². The molecule has 1 saturated heterocycles. The zero-order valence-corrected chi connectivity index (χ0v) is 13.1. The number of hydrogen-bond acceptors (Lipinski definition) is 2. The Bertz CT molecular complexity index is 297.